The van der Waals surface area contributed by atoms with Gasteiger partial charge < -0.3 is 9.64 Å². The smallest absolute Gasteiger partial charge is 0.338 e. The van der Waals surface area contributed by atoms with E-state index < -0.39 is 12.0 Å². The molecule has 1 aliphatic heterocycles. The van der Waals surface area contributed by atoms with E-state index in [2.05, 4.69) is 4.99 Å². The maximum Gasteiger partial charge on any atom is 0.338 e. The second kappa shape index (κ2) is 9.78. The summed E-state index contributed by atoms with van der Waals surface area (Å²) in [6.45, 7) is 3.74. The maximum atomic E-state index is 13.6. The third-order valence-electron chi connectivity index (χ3n) is 5.49. The van der Waals surface area contributed by atoms with Gasteiger partial charge in [0, 0.05) is 29.8 Å². The van der Waals surface area contributed by atoms with Crippen LogP contribution in [-0.2, 0) is 9.53 Å². The van der Waals surface area contributed by atoms with Crippen LogP contribution in [0.4, 0.5) is 5.69 Å². The van der Waals surface area contributed by atoms with Gasteiger partial charge in [-0.05, 0) is 55.3 Å². The molecule has 176 valence electrons. The molecule has 2 heterocycles. The molecule has 0 spiro atoms. The zero-order chi connectivity index (χ0) is 24.6. The highest BCUT2D eigenvalue weighted by Gasteiger charge is 2.33. The van der Waals surface area contributed by atoms with Crippen LogP contribution in [0.25, 0.3) is 6.08 Å². The highest BCUT2D eigenvalue weighted by molar-refractivity contribution is 7.07. The van der Waals surface area contributed by atoms with Gasteiger partial charge >= 0.3 is 5.97 Å². The van der Waals surface area contributed by atoms with Crippen molar-refractivity contribution in [1.29, 1.82) is 0 Å². The molecule has 0 bridgehead atoms. The lowest BCUT2D eigenvalue weighted by molar-refractivity contribution is -0.139. The Morgan fingerprint density at radius 1 is 1.21 bits per heavy atom. The van der Waals surface area contributed by atoms with Gasteiger partial charge in [0.1, 0.15) is 0 Å². The first-order valence-electron chi connectivity index (χ1n) is 10.6. The molecule has 9 heteroatoms. The van der Waals surface area contributed by atoms with Crippen LogP contribution in [-0.4, -0.2) is 31.2 Å². The first kappa shape index (κ1) is 24.3. The Morgan fingerprint density at radius 3 is 2.53 bits per heavy atom. The van der Waals surface area contributed by atoms with Gasteiger partial charge in [-0.2, -0.15) is 0 Å². The molecule has 34 heavy (non-hydrogen) atoms. The molecule has 1 unspecified atom stereocenters. The Labute approximate surface area is 211 Å². The van der Waals surface area contributed by atoms with Crippen LogP contribution < -0.4 is 19.8 Å². The van der Waals surface area contributed by atoms with Crippen LogP contribution in [0, 0.1) is 0 Å². The largest absolute Gasteiger partial charge is 0.463 e. The molecule has 0 fully saturated rings. The Balaban J connectivity index is 1.94. The van der Waals surface area contributed by atoms with Crippen LogP contribution in [0.3, 0.4) is 0 Å². The van der Waals surface area contributed by atoms with Crippen molar-refractivity contribution in [2.45, 2.75) is 19.9 Å². The summed E-state index contributed by atoms with van der Waals surface area (Å²) in [7, 11) is 3.90. The number of benzene rings is 2. The van der Waals surface area contributed by atoms with Gasteiger partial charge in [0.05, 0.1) is 28.5 Å². The van der Waals surface area contributed by atoms with Crippen molar-refractivity contribution in [1.82, 2.24) is 4.57 Å². The van der Waals surface area contributed by atoms with Crippen LogP contribution in [0.2, 0.25) is 10.0 Å². The van der Waals surface area contributed by atoms with E-state index in [4.69, 9.17) is 27.9 Å². The molecule has 1 atom stereocenters. The summed E-state index contributed by atoms with van der Waals surface area (Å²) in [5.74, 6) is -0.486. The van der Waals surface area contributed by atoms with Crippen molar-refractivity contribution in [2.24, 2.45) is 4.99 Å². The summed E-state index contributed by atoms with van der Waals surface area (Å²) < 4.78 is 7.35. The fourth-order valence-corrected chi connectivity index (χ4v) is 5.32. The number of esters is 1. The van der Waals surface area contributed by atoms with Crippen molar-refractivity contribution in [3.05, 3.63) is 94.6 Å². The number of fused-ring (bicyclic) bond motifs is 1. The number of nitrogens with zero attached hydrogens (tertiary/aromatic N) is 3. The minimum Gasteiger partial charge on any atom is -0.463 e. The topological polar surface area (TPSA) is 63.9 Å². The molecule has 0 aliphatic carbocycles. The fraction of sp³-hybridized carbons (Fsp3) is 0.240. The number of halogens is 2. The Hall–Kier alpha value is -2.87. The molecular weight excluding hydrogens is 493 g/mol. The van der Waals surface area contributed by atoms with Crippen molar-refractivity contribution in [3.8, 4) is 0 Å². The molecule has 0 N–H and O–H groups in total. The van der Waals surface area contributed by atoms with Crippen LogP contribution in [0.1, 0.15) is 31.0 Å². The Bertz CT molecular complexity index is 1470. The van der Waals surface area contributed by atoms with E-state index in [1.165, 1.54) is 11.3 Å². The summed E-state index contributed by atoms with van der Waals surface area (Å²) in [5.41, 5.74) is 3.09. The van der Waals surface area contributed by atoms with Gasteiger partial charge in [-0.25, -0.2) is 9.79 Å². The quantitative estimate of drug-likeness (QED) is 0.478. The first-order chi connectivity index (χ1) is 16.2. The number of thiazole rings is 1. The van der Waals surface area contributed by atoms with Gasteiger partial charge in [-0.1, -0.05) is 52.7 Å². The molecule has 0 saturated carbocycles. The van der Waals surface area contributed by atoms with Gasteiger partial charge in [0.25, 0.3) is 5.56 Å². The number of hydrogen-bond acceptors (Lipinski definition) is 6. The summed E-state index contributed by atoms with van der Waals surface area (Å²) >= 11 is 13.6. The van der Waals surface area contributed by atoms with Crippen LogP contribution in [0.5, 0.6) is 0 Å². The second-order valence-electron chi connectivity index (χ2n) is 7.95. The van der Waals surface area contributed by atoms with Crippen LogP contribution >= 0.6 is 34.5 Å². The average molecular weight is 516 g/mol. The Kier molecular flexibility index (Phi) is 6.98. The van der Waals surface area contributed by atoms with Crippen molar-refractivity contribution in [2.75, 3.05) is 25.6 Å². The second-order valence-corrected chi connectivity index (χ2v) is 9.81. The zero-order valence-corrected chi connectivity index (χ0v) is 21.5. The normalized spacial score (nSPS) is 15.7. The minimum absolute atomic E-state index is 0.224. The third-order valence-corrected chi connectivity index (χ3v) is 7.04. The number of hydrogen-bond donors (Lipinski definition) is 0. The zero-order valence-electron chi connectivity index (χ0n) is 19.1. The van der Waals surface area contributed by atoms with E-state index in [-0.39, 0.29) is 12.2 Å². The lowest BCUT2D eigenvalue weighted by Crippen LogP contribution is -2.39. The number of carbonyl (C=O) groups excluding carboxylic acids is 1. The molecule has 6 nitrogen and oxygen atoms in total. The number of rotatable bonds is 5. The van der Waals surface area contributed by atoms with Crippen molar-refractivity contribution >= 4 is 52.3 Å². The lowest BCUT2D eigenvalue weighted by Gasteiger charge is -2.25. The molecule has 1 aromatic heterocycles. The highest BCUT2D eigenvalue weighted by Crippen LogP contribution is 2.31. The molecule has 0 saturated heterocycles. The van der Waals surface area contributed by atoms with E-state index in [1.807, 2.05) is 43.3 Å². The molecular formula is C25H23Cl2N3O3S. The van der Waals surface area contributed by atoms with Gasteiger partial charge in [-0.3, -0.25) is 9.36 Å². The van der Waals surface area contributed by atoms with Crippen molar-refractivity contribution < 1.29 is 9.53 Å². The van der Waals surface area contributed by atoms with E-state index in [9.17, 15) is 9.59 Å². The fourth-order valence-electron chi connectivity index (χ4n) is 3.82. The number of aromatic nitrogens is 1. The molecule has 4 rings (SSSR count). The number of ether oxygens (including phenoxy) is 1. The SMILES string of the molecule is CCOC(=O)C1=C(C)N=c2sc(=Cc3ccc(Cl)cc3Cl)c(=O)n2C1c1ccc(N(C)C)cc1. The molecule has 2 aromatic carbocycles. The van der Waals surface area contributed by atoms with Crippen molar-refractivity contribution in [3.63, 3.8) is 0 Å². The molecule has 0 amide bonds. The molecule has 0 radical (unpaired) electrons. The summed E-state index contributed by atoms with van der Waals surface area (Å²) in [6, 6.07) is 12.2. The monoisotopic (exact) mass is 515 g/mol. The minimum atomic E-state index is -0.658. The van der Waals surface area contributed by atoms with Gasteiger partial charge in [-0.15, -0.1) is 0 Å². The van der Waals surface area contributed by atoms with E-state index in [0.717, 1.165) is 11.3 Å². The summed E-state index contributed by atoms with van der Waals surface area (Å²) in [6.07, 6.45) is 1.72. The number of allylic oxidation sites excluding steroid dienone is 1. The predicted molar refractivity (Wildman–Crippen MR) is 138 cm³/mol. The van der Waals surface area contributed by atoms with E-state index in [1.54, 1.807) is 42.7 Å². The predicted octanol–water partition coefficient (Wildman–Crippen LogP) is 4.17. The van der Waals surface area contributed by atoms with E-state index in [0.29, 0.717) is 36.2 Å². The van der Waals surface area contributed by atoms with Gasteiger partial charge in [0.15, 0.2) is 4.80 Å². The van der Waals surface area contributed by atoms with Crippen LogP contribution in [0.15, 0.2) is 63.5 Å². The molecule has 3 aromatic rings. The van der Waals surface area contributed by atoms with Gasteiger partial charge in [0.2, 0.25) is 0 Å². The summed E-state index contributed by atoms with van der Waals surface area (Å²) in [4.78, 5) is 33.7. The highest BCUT2D eigenvalue weighted by atomic mass is 35.5. The number of anilines is 1. The van der Waals surface area contributed by atoms with E-state index >= 15 is 0 Å². The number of carbonyl (C=O) groups is 1. The standard InChI is InChI=1S/C25H23Cl2N3O3S/c1-5-33-24(32)21-14(2)28-25-30(22(21)15-7-10-18(11-8-15)29(3)4)23(31)20(34-25)12-16-6-9-17(26)13-19(16)27/h6-13,22H,5H2,1-4H3. The third kappa shape index (κ3) is 4.56. The average Bonchev–Trinajstić information content (AvgIpc) is 3.09. The lowest BCUT2D eigenvalue weighted by atomic mass is 9.95. The molecule has 1 aliphatic rings. The first-order valence-corrected chi connectivity index (χ1v) is 12.2. The summed E-state index contributed by atoms with van der Waals surface area (Å²) in [5, 5.41) is 0.956. The maximum absolute atomic E-state index is 13.6. The Morgan fingerprint density at radius 2 is 1.91 bits per heavy atom.